The van der Waals surface area contributed by atoms with E-state index >= 15 is 0 Å². The molecular weight excluding hydrogens is 340 g/mol. The van der Waals surface area contributed by atoms with E-state index < -0.39 is 5.60 Å². The fourth-order valence-electron chi connectivity index (χ4n) is 4.64. The van der Waals surface area contributed by atoms with Gasteiger partial charge in [0.2, 0.25) is 0 Å². The Morgan fingerprint density at radius 1 is 1.04 bits per heavy atom. The summed E-state index contributed by atoms with van der Waals surface area (Å²) < 4.78 is 0. The minimum Gasteiger partial charge on any atom is -0.383 e. The molecule has 0 spiro atoms. The maximum absolute atomic E-state index is 11.8. The number of anilines is 1. The number of H-pyrrole nitrogens is 1. The summed E-state index contributed by atoms with van der Waals surface area (Å²) in [6.07, 6.45) is 6.28. The van der Waals surface area contributed by atoms with E-state index in [1.165, 1.54) is 12.8 Å². The van der Waals surface area contributed by atoms with Gasteiger partial charge in [-0.05, 0) is 37.9 Å². The molecule has 2 saturated heterocycles. The maximum Gasteiger partial charge on any atom is 0.182 e. The van der Waals surface area contributed by atoms with Gasteiger partial charge in [0.1, 0.15) is 17.4 Å². The van der Waals surface area contributed by atoms with E-state index in [1.807, 2.05) is 18.2 Å². The average molecular weight is 364 g/mol. The predicted molar refractivity (Wildman–Crippen MR) is 103 cm³/mol. The molecule has 2 atom stereocenters. The van der Waals surface area contributed by atoms with E-state index in [1.54, 1.807) is 12.7 Å². The molecule has 2 aliphatic rings. The van der Waals surface area contributed by atoms with Crippen molar-refractivity contribution in [3.63, 3.8) is 0 Å². The Labute approximate surface area is 158 Å². The number of aliphatic hydroxyl groups is 1. The number of rotatable bonds is 3. The molecule has 4 heterocycles. The standard InChI is InChI=1S/C20H24N6O/c27-20(15-6-2-1-3-7-15)8-11-26(12-16(20)25-9-4-5-10-25)19-17-18(22-13-21-17)23-14-24-19/h1-3,6-7,13-14,16,27H,4-5,8-12H2,(H,21,22,23,24)/t16-,20+/m1/s1. The van der Waals surface area contributed by atoms with Crippen LogP contribution in [0.15, 0.2) is 43.0 Å². The van der Waals surface area contributed by atoms with Crippen molar-refractivity contribution < 1.29 is 5.11 Å². The number of fused-ring (bicyclic) bond motifs is 1. The number of aromatic nitrogens is 4. The molecule has 2 aromatic heterocycles. The number of imidazole rings is 1. The molecule has 7 heteroatoms. The SMILES string of the molecule is O[C@]1(c2ccccc2)CCN(c2ncnc3nc[nH]c23)C[C@H]1N1CCCC1. The van der Waals surface area contributed by atoms with Crippen molar-refractivity contribution in [2.75, 3.05) is 31.1 Å². The second-order valence-corrected chi connectivity index (χ2v) is 7.54. The smallest absolute Gasteiger partial charge is 0.182 e. The number of hydrogen-bond acceptors (Lipinski definition) is 6. The van der Waals surface area contributed by atoms with Crippen LogP contribution in [-0.2, 0) is 5.60 Å². The Morgan fingerprint density at radius 3 is 2.67 bits per heavy atom. The van der Waals surface area contributed by atoms with Crippen molar-refractivity contribution in [2.24, 2.45) is 0 Å². The van der Waals surface area contributed by atoms with E-state index in [0.717, 1.165) is 43.1 Å². The number of hydrogen-bond donors (Lipinski definition) is 2. The highest BCUT2D eigenvalue weighted by Crippen LogP contribution is 2.39. The van der Waals surface area contributed by atoms with Crippen LogP contribution in [0.2, 0.25) is 0 Å². The highest BCUT2D eigenvalue weighted by Gasteiger charge is 2.46. The van der Waals surface area contributed by atoms with Crippen LogP contribution in [0.1, 0.15) is 24.8 Å². The molecule has 0 aliphatic carbocycles. The lowest BCUT2D eigenvalue weighted by atomic mass is 9.79. The van der Waals surface area contributed by atoms with Gasteiger partial charge >= 0.3 is 0 Å². The molecule has 2 N–H and O–H groups in total. The molecule has 27 heavy (non-hydrogen) atoms. The largest absolute Gasteiger partial charge is 0.383 e. The molecule has 5 rings (SSSR count). The lowest BCUT2D eigenvalue weighted by molar-refractivity contribution is -0.0602. The molecule has 0 bridgehead atoms. The van der Waals surface area contributed by atoms with Crippen molar-refractivity contribution in [3.8, 4) is 0 Å². The van der Waals surface area contributed by atoms with Gasteiger partial charge in [-0.15, -0.1) is 0 Å². The van der Waals surface area contributed by atoms with E-state index in [0.29, 0.717) is 12.1 Å². The predicted octanol–water partition coefficient (Wildman–Crippen LogP) is 1.92. The van der Waals surface area contributed by atoms with Crippen molar-refractivity contribution in [2.45, 2.75) is 30.9 Å². The van der Waals surface area contributed by atoms with E-state index in [2.05, 4.69) is 41.9 Å². The van der Waals surface area contributed by atoms with Crippen molar-refractivity contribution in [3.05, 3.63) is 48.5 Å². The third-order valence-corrected chi connectivity index (χ3v) is 6.07. The van der Waals surface area contributed by atoms with Gasteiger partial charge in [0, 0.05) is 13.1 Å². The zero-order valence-corrected chi connectivity index (χ0v) is 15.3. The third kappa shape index (κ3) is 2.78. The second-order valence-electron chi connectivity index (χ2n) is 7.54. The van der Waals surface area contributed by atoms with E-state index in [9.17, 15) is 5.11 Å². The first-order chi connectivity index (χ1) is 13.3. The molecule has 0 unspecified atom stereocenters. The van der Waals surface area contributed by atoms with E-state index in [4.69, 9.17) is 0 Å². The number of nitrogens with one attached hydrogen (secondary N) is 1. The van der Waals surface area contributed by atoms with Crippen LogP contribution in [0.3, 0.4) is 0 Å². The maximum atomic E-state index is 11.8. The summed E-state index contributed by atoms with van der Waals surface area (Å²) in [5.41, 5.74) is 1.71. The van der Waals surface area contributed by atoms with Crippen LogP contribution in [0.4, 0.5) is 5.82 Å². The summed E-state index contributed by atoms with van der Waals surface area (Å²) in [6, 6.07) is 10.2. The first kappa shape index (κ1) is 16.6. The minimum absolute atomic E-state index is 0.0316. The van der Waals surface area contributed by atoms with Crippen LogP contribution >= 0.6 is 0 Å². The van der Waals surface area contributed by atoms with Gasteiger partial charge in [-0.2, -0.15) is 0 Å². The summed E-state index contributed by atoms with van der Waals surface area (Å²) in [5, 5.41) is 11.8. The Balaban J connectivity index is 1.52. The summed E-state index contributed by atoms with van der Waals surface area (Å²) in [6.45, 7) is 3.55. The fraction of sp³-hybridized carbons (Fsp3) is 0.450. The summed E-state index contributed by atoms with van der Waals surface area (Å²) in [5.74, 6) is 0.872. The van der Waals surface area contributed by atoms with Crippen LogP contribution in [0, 0.1) is 0 Å². The molecule has 0 saturated carbocycles. The van der Waals surface area contributed by atoms with Crippen LogP contribution in [-0.4, -0.2) is 62.2 Å². The van der Waals surface area contributed by atoms with Crippen molar-refractivity contribution in [1.29, 1.82) is 0 Å². The number of piperidine rings is 1. The number of aromatic amines is 1. The number of nitrogens with zero attached hydrogens (tertiary/aromatic N) is 5. The molecule has 0 radical (unpaired) electrons. The highest BCUT2D eigenvalue weighted by molar-refractivity contribution is 5.82. The lowest BCUT2D eigenvalue weighted by Crippen LogP contribution is -2.60. The Morgan fingerprint density at radius 2 is 1.85 bits per heavy atom. The molecule has 2 aliphatic heterocycles. The van der Waals surface area contributed by atoms with Gasteiger partial charge in [-0.1, -0.05) is 30.3 Å². The number of likely N-dealkylation sites (tertiary alicyclic amines) is 1. The van der Waals surface area contributed by atoms with Gasteiger partial charge in [-0.25, -0.2) is 15.0 Å². The average Bonchev–Trinajstić information content (AvgIpc) is 3.41. The van der Waals surface area contributed by atoms with Gasteiger partial charge in [0.25, 0.3) is 0 Å². The van der Waals surface area contributed by atoms with Gasteiger partial charge in [0.05, 0.1) is 12.4 Å². The minimum atomic E-state index is -0.845. The van der Waals surface area contributed by atoms with Gasteiger partial charge < -0.3 is 15.0 Å². The highest BCUT2D eigenvalue weighted by atomic mass is 16.3. The van der Waals surface area contributed by atoms with Crippen LogP contribution in [0.25, 0.3) is 11.2 Å². The number of benzene rings is 1. The van der Waals surface area contributed by atoms with Gasteiger partial charge in [-0.3, -0.25) is 4.90 Å². The molecule has 140 valence electrons. The quantitative estimate of drug-likeness (QED) is 0.739. The zero-order chi connectivity index (χ0) is 18.3. The normalized spacial score (nSPS) is 26.7. The molecule has 2 fully saturated rings. The summed E-state index contributed by atoms with van der Waals surface area (Å²) >= 11 is 0. The molecule has 1 aromatic carbocycles. The Bertz CT molecular complexity index is 922. The fourth-order valence-corrected chi connectivity index (χ4v) is 4.64. The molecule has 3 aromatic rings. The summed E-state index contributed by atoms with van der Waals surface area (Å²) in [7, 11) is 0. The molecule has 0 amide bonds. The second kappa shape index (κ2) is 6.58. The Hall–Kier alpha value is -2.51. The first-order valence-corrected chi connectivity index (χ1v) is 9.67. The first-order valence-electron chi connectivity index (χ1n) is 9.67. The lowest BCUT2D eigenvalue weighted by Gasteiger charge is -2.48. The van der Waals surface area contributed by atoms with Crippen LogP contribution in [0.5, 0.6) is 0 Å². The molecule has 7 nitrogen and oxygen atoms in total. The zero-order valence-electron chi connectivity index (χ0n) is 15.3. The summed E-state index contributed by atoms with van der Waals surface area (Å²) in [4.78, 5) is 20.9. The molecular formula is C20H24N6O. The van der Waals surface area contributed by atoms with Gasteiger partial charge in [0.15, 0.2) is 11.5 Å². The van der Waals surface area contributed by atoms with Crippen LogP contribution < -0.4 is 4.90 Å². The third-order valence-electron chi connectivity index (χ3n) is 6.07. The van der Waals surface area contributed by atoms with Crippen molar-refractivity contribution in [1.82, 2.24) is 24.8 Å². The topological polar surface area (TPSA) is 81.2 Å². The van der Waals surface area contributed by atoms with Crippen molar-refractivity contribution >= 4 is 17.0 Å². The van der Waals surface area contributed by atoms with E-state index in [-0.39, 0.29) is 6.04 Å². The monoisotopic (exact) mass is 364 g/mol. The Kier molecular flexibility index (Phi) is 4.06.